The number of sulfonamides is 1. The minimum atomic E-state index is -3.65. The van der Waals surface area contributed by atoms with Gasteiger partial charge in [-0.2, -0.15) is 5.10 Å². The summed E-state index contributed by atoms with van der Waals surface area (Å²) in [5.74, 6) is -0.0291. The van der Waals surface area contributed by atoms with Crippen molar-refractivity contribution >= 4 is 21.8 Å². The molecular weight excluding hydrogens is 426 g/mol. The molecule has 3 aromatic rings. The second-order valence-corrected chi connectivity index (χ2v) is 9.19. The lowest BCUT2D eigenvalue weighted by molar-refractivity contribution is -0.122. The van der Waals surface area contributed by atoms with Crippen LogP contribution in [0.1, 0.15) is 37.3 Å². The number of carbonyl (C=O) groups is 1. The van der Waals surface area contributed by atoms with Crippen LogP contribution in [0, 0.1) is 0 Å². The topological polar surface area (TPSA) is 105 Å². The second kappa shape index (κ2) is 9.35. The molecule has 0 spiro atoms. The molecular formula is C23H25N5O3S. The van der Waals surface area contributed by atoms with Gasteiger partial charge in [-0.3, -0.25) is 14.5 Å². The van der Waals surface area contributed by atoms with E-state index in [9.17, 15) is 13.2 Å². The number of hydrogen-bond donors (Lipinski definition) is 2. The maximum atomic E-state index is 13.1. The van der Waals surface area contributed by atoms with Crippen molar-refractivity contribution in [1.82, 2.24) is 19.8 Å². The molecule has 0 fully saturated rings. The average molecular weight is 452 g/mol. The van der Waals surface area contributed by atoms with Gasteiger partial charge in [-0.05, 0) is 36.2 Å². The van der Waals surface area contributed by atoms with Crippen LogP contribution in [0.2, 0.25) is 0 Å². The first kappa shape index (κ1) is 21.8. The van der Waals surface area contributed by atoms with E-state index < -0.39 is 16.1 Å². The number of fused-ring (bicyclic) bond motifs is 1. The molecule has 1 aliphatic rings. The highest BCUT2D eigenvalue weighted by molar-refractivity contribution is 7.90. The Morgan fingerprint density at radius 3 is 2.72 bits per heavy atom. The fraction of sp³-hybridized carbons (Fsp3) is 0.261. The van der Waals surface area contributed by atoms with E-state index in [0.29, 0.717) is 18.5 Å². The van der Waals surface area contributed by atoms with Gasteiger partial charge >= 0.3 is 0 Å². The van der Waals surface area contributed by atoms with Gasteiger partial charge in [-0.25, -0.2) is 13.1 Å². The van der Waals surface area contributed by atoms with Crippen LogP contribution >= 0.6 is 0 Å². The zero-order valence-electron chi connectivity index (χ0n) is 17.7. The van der Waals surface area contributed by atoms with Crippen molar-refractivity contribution in [3.63, 3.8) is 0 Å². The summed E-state index contributed by atoms with van der Waals surface area (Å²) in [4.78, 5) is 17.8. The summed E-state index contributed by atoms with van der Waals surface area (Å²) in [5.41, 5.74) is 2.29. The molecule has 0 bridgehead atoms. The fourth-order valence-electron chi connectivity index (χ4n) is 3.63. The van der Waals surface area contributed by atoms with Gasteiger partial charge < -0.3 is 5.32 Å². The molecule has 32 heavy (non-hydrogen) atoms. The largest absolute Gasteiger partial charge is 0.350 e. The minimum absolute atomic E-state index is 0.182. The Morgan fingerprint density at radius 2 is 1.94 bits per heavy atom. The molecule has 166 valence electrons. The van der Waals surface area contributed by atoms with Crippen molar-refractivity contribution < 1.29 is 13.2 Å². The van der Waals surface area contributed by atoms with Gasteiger partial charge in [0, 0.05) is 24.5 Å². The number of carbonyl (C=O) groups excluding carboxylic acids is 1. The normalized spacial score (nSPS) is 16.3. The van der Waals surface area contributed by atoms with E-state index >= 15 is 0 Å². The Balaban J connectivity index is 1.55. The predicted molar refractivity (Wildman–Crippen MR) is 122 cm³/mol. The molecule has 2 aromatic carbocycles. The molecule has 1 unspecified atom stereocenters. The third-order valence-corrected chi connectivity index (χ3v) is 6.67. The Labute approximate surface area is 187 Å². The zero-order valence-corrected chi connectivity index (χ0v) is 18.5. The average Bonchev–Trinajstić information content (AvgIpc) is 3.42. The summed E-state index contributed by atoms with van der Waals surface area (Å²) in [5, 5.41) is 7.23. The van der Waals surface area contributed by atoms with Crippen molar-refractivity contribution in [2.45, 2.75) is 43.7 Å². The number of amidine groups is 1. The van der Waals surface area contributed by atoms with E-state index in [1.54, 1.807) is 29.1 Å². The van der Waals surface area contributed by atoms with Gasteiger partial charge in [0.2, 0.25) is 5.91 Å². The quantitative estimate of drug-likeness (QED) is 0.549. The second-order valence-electron chi connectivity index (χ2n) is 7.53. The smallest absolute Gasteiger partial charge is 0.263 e. The molecule has 1 amide bonds. The van der Waals surface area contributed by atoms with Crippen molar-refractivity contribution in [2.75, 3.05) is 0 Å². The van der Waals surface area contributed by atoms with Gasteiger partial charge in [-0.1, -0.05) is 50.1 Å². The molecule has 2 heterocycles. The van der Waals surface area contributed by atoms with Crippen LogP contribution in [-0.2, 0) is 21.4 Å². The fourth-order valence-corrected chi connectivity index (χ4v) is 4.87. The number of para-hydroxylation sites is 1. The van der Waals surface area contributed by atoms with Crippen LogP contribution in [0.15, 0.2) is 76.9 Å². The third-order valence-electron chi connectivity index (χ3n) is 5.28. The molecule has 9 heteroatoms. The summed E-state index contributed by atoms with van der Waals surface area (Å²) in [6.07, 6.45) is 5.77. The van der Waals surface area contributed by atoms with E-state index in [-0.39, 0.29) is 16.6 Å². The molecule has 0 aliphatic carbocycles. The van der Waals surface area contributed by atoms with Crippen molar-refractivity contribution in [1.29, 1.82) is 0 Å². The summed E-state index contributed by atoms with van der Waals surface area (Å²) < 4.78 is 29.0. The highest BCUT2D eigenvalue weighted by Crippen LogP contribution is 2.23. The van der Waals surface area contributed by atoms with Gasteiger partial charge in [0.25, 0.3) is 10.0 Å². The highest BCUT2D eigenvalue weighted by atomic mass is 32.2. The number of hydrogen-bond acceptors (Lipinski definition) is 5. The SMILES string of the molecule is CCCCC(N=C1NS(=O)(=O)c2ccccc21)C(=O)NCc1ccccc1-n1cccn1. The van der Waals surface area contributed by atoms with Crippen LogP contribution in [0.5, 0.6) is 0 Å². The van der Waals surface area contributed by atoms with E-state index in [1.807, 2.05) is 43.5 Å². The Morgan fingerprint density at radius 1 is 1.16 bits per heavy atom. The molecule has 1 atom stereocenters. The third kappa shape index (κ3) is 4.57. The van der Waals surface area contributed by atoms with Crippen LogP contribution in [0.4, 0.5) is 0 Å². The molecule has 0 saturated carbocycles. The molecule has 1 aromatic heterocycles. The number of aliphatic imine (C=N–C) groups is 1. The van der Waals surface area contributed by atoms with E-state index in [4.69, 9.17) is 0 Å². The monoisotopic (exact) mass is 451 g/mol. The van der Waals surface area contributed by atoms with Gasteiger partial charge in [0.15, 0.2) is 0 Å². The summed E-state index contributed by atoms with van der Waals surface area (Å²) >= 11 is 0. The first-order valence-electron chi connectivity index (χ1n) is 10.6. The lowest BCUT2D eigenvalue weighted by atomic mass is 10.1. The van der Waals surface area contributed by atoms with Crippen molar-refractivity contribution in [3.8, 4) is 5.69 Å². The van der Waals surface area contributed by atoms with Crippen LogP contribution < -0.4 is 10.0 Å². The van der Waals surface area contributed by atoms with E-state index in [1.165, 1.54) is 6.07 Å². The standard InChI is InChI=1S/C23H25N5O3S/c1-2-3-11-19(26-22-18-10-5-7-13-21(18)32(30,31)27-22)23(29)24-16-17-9-4-6-12-20(17)28-15-8-14-25-28/h4-10,12-15,19H,2-3,11,16H2,1H3,(H,24,29)(H,26,27). The maximum absolute atomic E-state index is 13.1. The summed E-state index contributed by atoms with van der Waals surface area (Å²) in [6.45, 7) is 2.35. The van der Waals surface area contributed by atoms with Crippen LogP contribution in [-0.4, -0.2) is 36.0 Å². The predicted octanol–water partition coefficient (Wildman–Crippen LogP) is 2.79. The lowest BCUT2D eigenvalue weighted by Crippen LogP contribution is -2.35. The van der Waals surface area contributed by atoms with Crippen LogP contribution in [0.3, 0.4) is 0 Å². The first-order chi connectivity index (χ1) is 15.5. The molecule has 8 nitrogen and oxygen atoms in total. The number of rotatable bonds is 8. The summed E-state index contributed by atoms with van der Waals surface area (Å²) in [6, 6.07) is 15.5. The number of aromatic nitrogens is 2. The van der Waals surface area contributed by atoms with Crippen molar-refractivity contribution in [3.05, 3.63) is 78.1 Å². The van der Waals surface area contributed by atoms with E-state index in [2.05, 4.69) is 20.1 Å². The Hall–Kier alpha value is -3.46. The first-order valence-corrected chi connectivity index (χ1v) is 12.0. The van der Waals surface area contributed by atoms with Gasteiger partial charge in [0.1, 0.15) is 11.9 Å². The molecule has 0 radical (unpaired) electrons. The zero-order chi connectivity index (χ0) is 22.6. The number of nitrogens with one attached hydrogen (secondary N) is 2. The molecule has 0 saturated heterocycles. The van der Waals surface area contributed by atoms with Gasteiger partial charge in [-0.15, -0.1) is 0 Å². The van der Waals surface area contributed by atoms with Crippen molar-refractivity contribution in [2.24, 2.45) is 4.99 Å². The maximum Gasteiger partial charge on any atom is 0.263 e. The Bertz CT molecular complexity index is 1240. The number of nitrogens with zero attached hydrogens (tertiary/aromatic N) is 3. The molecule has 2 N–H and O–H groups in total. The summed E-state index contributed by atoms with van der Waals surface area (Å²) in [7, 11) is -3.65. The van der Waals surface area contributed by atoms with Crippen LogP contribution in [0.25, 0.3) is 5.69 Å². The lowest BCUT2D eigenvalue weighted by Gasteiger charge is -2.15. The highest BCUT2D eigenvalue weighted by Gasteiger charge is 2.31. The number of benzene rings is 2. The number of unbranched alkanes of at least 4 members (excludes halogenated alkanes) is 1. The number of amides is 1. The molecule has 1 aliphatic heterocycles. The van der Waals surface area contributed by atoms with E-state index in [0.717, 1.165) is 24.1 Å². The molecule has 4 rings (SSSR count). The Kier molecular flexibility index (Phi) is 6.36. The van der Waals surface area contributed by atoms with Gasteiger partial charge in [0.05, 0.1) is 10.6 Å². The minimum Gasteiger partial charge on any atom is -0.350 e.